The summed E-state index contributed by atoms with van der Waals surface area (Å²) in [4.78, 5) is 25.2. The first-order valence-electron chi connectivity index (χ1n) is 6.33. The number of allylic oxidation sites excluding steroid dienone is 2. The van der Waals surface area contributed by atoms with E-state index in [9.17, 15) is 9.59 Å². The highest BCUT2D eigenvalue weighted by Gasteiger charge is 2.31. The highest BCUT2D eigenvalue weighted by atomic mass is 16.6. The molecule has 1 aliphatic heterocycles. The van der Waals surface area contributed by atoms with E-state index in [1.165, 1.54) is 4.90 Å². The number of amides is 1. The molecule has 19 heavy (non-hydrogen) atoms. The van der Waals surface area contributed by atoms with Gasteiger partial charge >= 0.3 is 12.1 Å². The Bertz CT molecular complexity index is 418. The van der Waals surface area contributed by atoms with Crippen LogP contribution in [0.5, 0.6) is 0 Å². The second kappa shape index (κ2) is 5.91. The van der Waals surface area contributed by atoms with Crippen LogP contribution in [0.3, 0.4) is 0 Å². The summed E-state index contributed by atoms with van der Waals surface area (Å²) < 4.78 is 10.3. The Balaban J connectivity index is 2.80. The molecule has 0 fully saturated rings. The molecule has 1 rings (SSSR count). The van der Waals surface area contributed by atoms with Crippen molar-refractivity contribution in [2.75, 3.05) is 6.61 Å². The van der Waals surface area contributed by atoms with Crippen molar-refractivity contribution in [3.63, 3.8) is 0 Å². The van der Waals surface area contributed by atoms with Gasteiger partial charge < -0.3 is 9.47 Å². The number of esters is 1. The Morgan fingerprint density at radius 3 is 2.53 bits per heavy atom. The van der Waals surface area contributed by atoms with Gasteiger partial charge in [0.25, 0.3) is 0 Å². The highest BCUT2D eigenvalue weighted by molar-refractivity contribution is 5.91. The Morgan fingerprint density at radius 2 is 2.00 bits per heavy atom. The maximum Gasteiger partial charge on any atom is 0.414 e. The van der Waals surface area contributed by atoms with Gasteiger partial charge in [-0.3, -0.25) is 4.90 Å². The Labute approximate surface area is 113 Å². The van der Waals surface area contributed by atoms with E-state index in [2.05, 4.69) is 0 Å². The second-order valence-electron chi connectivity index (χ2n) is 5.25. The number of carbonyl (C=O) groups is 2. The number of rotatable bonds is 2. The van der Waals surface area contributed by atoms with Crippen LogP contribution in [-0.4, -0.2) is 35.2 Å². The number of hydrogen-bond donors (Lipinski definition) is 0. The molecule has 0 radical (unpaired) electrons. The van der Waals surface area contributed by atoms with Crippen LogP contribution >= 0.6 is 0 Å². The third-order valence-corrected chi connectivity index (χ3v) is 2.51. The summed E-state index contributed by atoms with van der Waals surface area (Å²) in [6.07, 6.45) is 4.41. The minimum absolute atomic E-state index is 0.305. The number of carbonyl (C=O) groups excluding carboxylic acids is 2. The van der Waals surface area contributed by atoms with Gasteiger partial charge in [-0.2, -0.15) is 0 Å². The van der Waals surface area contributed by atoms with Gasteiger partial charge in [0.05, 0.1) is 18.2 Å². The largest absolute Gasteiger partial charge is 0.463 e. The number of nitrogens with zero attached hydrogens (tertiary/aromatic N) is 1. The van der Waals surface area contributed by atoms with Gasteiger partial charge in [-0.25, -0.2) is 9.59 Å². The molecule has 1 amide bonds. The van der Waals surface area contributed by atoms with Crippen LogP contribution in [0.25, 0.3) is 0 Å². The van der Waals surface area contributed by atoms with E-state index in [-0.39, 0.29) is 0 Å². The molecule has 1 atom stereocenters. The fourth-order valence-electron chi connectivity index (χ4n) is 1.64. The van der Waals surface area contributed by atoms with Crippen molar-refractivity contribution in [2.24, 2.45) is 0 Å². The molecule has 0 aromatic heterocycles. The van der Waals surface area contributed by atoms with Crippen molar-refractivity contribution < 1.29 is 19.1 Å². The normalized spacial score (nSPS) is 18.9. The quantitative estimate of drug-likeness (QED) is 0.722. The first kappa shape index (κ1) is 15.3. The summed E-state index contributed by atoms with van der Waals surface area (Å²) in [7, 11) is 0. The highest BCUT2D eigenvalue weighted by Crippen LogP contribution is 2.20. The Kier molecular flexibility index (Phi) is 4.75. The molecule has 0 saturated carbocycles. The van der Waals surface area contributed by atoms with Crippen LogP contribution < -0.4 is 0 Å². The van der Waals surface area contributed by atoms with Crippen LogP contribution in [0.4, 0.5) is 4.79 Å². The molecule has 1 heterocycles. The minimum Gasteiger partial charge on any atom is -0.463 e. The molecule has 0 aromatic rings. The molecule has 0 bridgehead atoms. The standard InChI is InChI=1S/C14H21NO4/c1-6-18-12(16)11-8-7-9-15(10(11)2)13(17)19-14(3,4)5/h7-10H,6H2,1-5H3. The van der Waals surface area contributed by atoms with E-state index in [1.54, 1.807) is 53.0 Å². The van der Waals surface area contributed by atoms with Gasteiger partial charge in [-0.05, 0) is 46.8 Å². The molecular formula is C14H21NO4. The van der Waals surface area contributed by atoms with Crippen molar-refractivity contribution in [3.05, 3.63) is 23.9 Å². The third-order valence-electron chi connectivity index (χ3n) is 2.51. The average Bonchev–Trinajstić information content (AvgIpc) is 2.27. The van der Waals surface area contributed by atoms with Crippen molar-refractivity contribution in [1.82, 2.24) is 4.90 Å². The summed E-state index contributed by atoms with van der Waals surface area (Å²) >= 11 is 0. The summed E-state index contributed by atoms with van der Waals surface area (Å²) in [6, 6.07) is -0.404. The predicted molar refractivity (Wildman–Crippen MR) is 71.4 cm³/mol. The van der Waals surface area contributed by atoms with Crippen LogP contribution in [0.2, 0.25) is 0 Å². The van der Waals surface area contributed by atoms with Crippen molar-refractivity contribution in [2.45, 2.75) is 46.3 Å². The maximum absolute atomic E-state index is 12.0. The van der Waals surface area contributed by atoms with Crippen molar-refractivity contribution in [3.8, 4) is 0 Å². The van der Waals surface area contributed by atoms with Crippen LogP contribution in [0.15, 0.2) is 23.9 Å². The van der Waals surface area contributed by atoms with Crippen LogP contribution in [-0.2, 0) is 14.3 Å². The smallest absolute Gasteiger partial charge is 0.414 e. The van der Waals surface area contributed by atoms with E-state index in [4.69, 9.17) is 9.47 Å². The van der Waals surface area contributed by atoms with E-state index in [1.807, 2.05) is 0 Å². The molecule has 5 nitrogen and oxygen atoms in total. The predicted octanol–water partition coefficient (Wildman–Crippen LogP) is 2.63. The molecule has 0 aromatic carbocycles. The second-order valence-corrected chi connectivity index (χ2v) is 5.25. The lowest BCUT2D eigenvalue weighted by molar-refractivity contribution is -0.139. The molecule has 1 unspecified atom stereocenters. The van der Waals surface area contributed by atoms with Gasteiger partial charge in [0.15, 0.2) is 0 Å². The first-order chi connectivity index (χ1) is 8.76. The number of ether oxygens (including phenoxy) is 2. The van der Waals surface area contributed by atoms with Gasteiger partial charge in [0, 0.05) is 6.20 Å². The average molecular weight is 267 g/mol. The lowest BCUT2D eigenvalue weighted by Gasteiger charge is -2.31. The maximum atomic E-state index is 12.0. The summed E-state index contributed by atoms with van der Waals surface area (Å²) in [5, 5.41) is 0. The SMILES string of the molecule is CCOC(=O)C1=CC=CN(C(=O)OC(C)(C)C)C1C. The van der Waals surface area contributed by atoms with Crippen LogP contribution in [0, 0.1) is 0 Å². The lowest BCUT2D eigenvalue weighted by Crippen LogP contribution is -2.42. The van der Waals surface area contributed by atoms with E-state index < -0.39 is 23.7 Å². The monoisotopic (exact) mass is 267 g/mol. The van der Waals surface area contributed by atoms with Gasteiger partial charge in [0.2, 0.25) is 0 Å². The summed E-state index contributed by atoms with van der Waals surface area (Å²) in [6.45, 7) is 9.20. The van der Waals surface area contributed by atoms with E-state index >= 15 is 0 Å². The molecule has 0 aliphatic carbocycles. The van der Waals surface area contributed by atoms with E-state index in [0.717, 1.165) is 0 Å². The zero-order valence-electron chi connectivity index (χ0n) is 12.1. The fraction of sp³-hybridized carbons (Fsp3) is 0.571. The topological polar surface area (TPSA) is 55.8 Å². The van der Waals surface area contributed by atoms with Crippen LogP contribution in [0.1, 0.15) is 34.6 Å². The molecule has 1 aliphatic rings. The molecule has 5 heteroatoms. The van der Waals surface area contributed by atoms with Crippen molar-refractivity contribution >= 4 is 12.1 Å². The fourth-order valence-corrected chi connectivity index (χ4v) is 1.64. The lowest BCUT2D eigenvalue weighted by atomic mass is 10.1. The Morgan fingerprint density at radius 1 is 1.37 bits per heavy atom. The molecule has 106 valence electrons. The minimum atomic E-state index is -0.574. The Hall–Kier alpha value is -1.78. The van der Waals surface area contributed by atoms with Gasteiger partial charge in [-0.15, -0.1) is 0 Å². The van der Waals surface area contributed by atoms with Gasteiger partial charge in [-0.1, -0.05) is 0 Å². The number of hydrogen-bond acceptors (Lipinski definition) is 4. The van der Waals surface area contributed by atoms with E-state index in [0.29, 0.717) is 12.2 Å². The third kappa shape index (κ3) is 4.12. The zero-order valence-corrected chi connectivity index (χ0v) is 12.1. The summed E-state index contributed by atoms with van der Waals surface area (Å²) in [5.41, 5.74) is -0.134. The molecule has 0 saturated heterocycles. The zero-order chi connectivity index (χ0) is 14.6. The first-order valence-corrected chi connectivity index (χ1v) is 6.33. The summed E-state index contributed by atoms with van der Waals surface area (Å²) in [5.74, 6) is -0.409. The van der Waals surface area contributed by atoms with Gasteiger partial charge in [0.1, 0.15) is 5.60 Å². The molecule has 0 N–H and O–H groups in total. The van der Waals surface area contributed by atoms with Crippen molar-refractivity contribution in [1.29, 1.82) is 0 Å². The molecular weight excluding hydrogens is 246 g/mol. The molecule has 0 spiro atoms.